The van der Waals surface area contributed by atoms with E-state index in [0.717, 1.165) is 11.1 Å². The van der Waals surface area contributed by atoms with E-state index in [1.54, 1.807) is 6.07 Å². The van der Waals surface area contributed by atoms with Crippen LogP contribution in [0.25, 0.3) is 0 Å². The van der Waals surface area contributed by atoms with E-state index in [2.05, 4.69) is 5.32 Å². The smallest absolute Gasteiger partial charge is 0.241 e. The maximum Gasteiger partial charge on any atom is 0.241 e. The van der Waals surface area contributed by atoms with E-state index in [1.165, 1.54) is 0 Å². The summed E-state index contributed by atoms with van der Waals surface area (Å²) in [6, 6.07) is 14.6. The largest absolute Gasteiger partial charge is 0.323 e. The van der Waals surface area contributed by atoms with Crippen LogP contribution in [0.15, 0.2) is 48.5 Å². The molecular formula is C16H17ClN2O. The Morgan fingerprint density at radius 3 is 2.65 bits per heavy atom. The van der Waals surface area contributed by atoms with Crippen LogP contribution >= 0.6 is 11.6 Å². The van der Waals surface area contributed by atoms with Gasteiger partial charge in [0.05, 0.1) is 16.8 Å². The summed E-state index contributed by atoms with van der Waals surface area (Å²) < 4.78 is 0. The second-order valence-corrected chi connectivity index (χ2v) is 5.18. The van der Waals surface area contributed by atoms with Crippen LogP contribution in [-0.4, -0.2) is 11.9 Å². The first kappa shape index (κ1) is 14.6. The first-order valence-electron chi connectivity index (χ1n) is 6.43. The SMILES string of the molecule is Cc1ccc(Cl)c(NC(=O)[C@@H](N)Cc2ccccc2)c1. The summed E-state index contributed by atoms with van der Waals surface area (Å²) in [5.41, 5.74) is 8.59. The Balaban J connectivity index is 2.02. The Labute approximate surface area is 123 Å². The lowest BCUT2D eigenvalue weighted by Gasteiger charge is -2.13. The molecule has 1 amide bonds. The van der Waals surface area contributed by atoms with Gasteiger partial charge in [-0.25, -0.2) is 0 Å². The van der Waals surface area contributed by atoms with Crippen LogP contribution in [0, 0.1) is 6.92 Å². The molecule has 3 N–H and O–H groups in total. The molecule has 0 aliphatic carbocycles. The molecule has 0 saturated heterocycles. The Kier molecular flexibility index (Phi) is 4.77. The fourth-order valence-corrected chi connectivity index (χ4v) is 2.09. The highest BCUT2D eigenvalue weighted by molar-refractivity contribution is 6.33. The lowest BCUT2D eigenvalue weighted by molar-refractivity contribution is -0.117. The number of aryl methyl sites for hydroxylation is 1. The summed E-state index contributed by atoms with van der Waals surface area (Å²) in [6.07, 6.45) is 0.496. The van der Waals surface area contributed by atoms with Gasteiger partial charge >= 0.3 is 0 Å². The summed E-state index contributed by atoms with van der Waals surface area (Å²) in [5.74, 6) is -0.235. The molecule has 3 nitrogen and oxygen atoms in total. The van der Waals surface area contributed by atoms with E-state index in [0.29, 0.717) is 17.1 Å². The second-order valence-electron chi connectivity index (χ2n) is 4.77. The van der Waals surface area contributed by atoms with Gasteiger partial charge in [0.25, 0.3) is 0 Å². The summed E-state index contributed by atoms with van der Waals surface area (Å²) in [6.45, 7) is 1.94. The predicted octanol–water partition coefficient (Wildman–Crippen LogP) is 3.16. The first-order valence-corrected chi connectivity index (χ1v) is 6.80. The van der Waals surface area contributed by atoms with E-state index >= 15 is 0 Å². The number of halogens is 1. The number of hydrogen-bond donors (Lipinski definition) is 2. The maximum atomic E-state index is 12.1. The van der Waals surface area contributed by atoms with Gasteiger partial charge < -0.3 is 11.1 Å². The molecule has 0 spiro atoms. The standard InChI is InChI=1S/C16H17ClN2O/c1-11-7-8-13(17)15(9-11)19-16(20)14(18)10-12-5-3-2-4-6-12/h2-9,14H,10,18H2,1H3,(H,19,20)/t14-/m0/s1. The van der Waals surface area contributed by atoms with Crippen LogP contribution in [0.3, 0.4) is 0 Å². The fourth-order valence-electron chi connectivity index (χ4n) is 1.92. The molecule has 0 heterocycles. The monoisotopic (exact) mass is 288 g/mol. The van der Waals surface area contributed by atoms with E-state index in [9.17, 15) is 4.79 Å². The molecule has 0 unspecified atom stereocenters. The predicted molar refractivity (Wildman–Crippen MR) is 82.9 cm³/mol. The third-order valence-corrected chi connectivity index (χ3v) is 3.34. The Morgan fingerprint density at radius 1 is 1.25 bits per heavy atom. The van der Waals surface area contributed by atoms with Gasteiger partial charge in [-0.3, -0.25) is 4.79 Å². The van der Waals surface area contributed by atoms with Crippen molar-refractivity contribution in [1.82, 2.24) is 0 Å². The van der Waals surface area contributed by atoms with Crippen LogP contribution in [0.5, 0.6) is 0 Å². The lowest BCUT2D eigenvalue weighted by Crippen LogP contribution is -2.37. The topological polar surface area (TPSA) is 55.1 Å². The third-order valence-electron chi connectivity index (χ3n) is 3.01. The summed E-state index contributed by atoms with van der Waals surface area (Å²) in [4.78, 5) is 12.1. The quantitative estimate of drug-likeness (QED) is 0.908. The Morgan fingerprint density at radius 2 is 1.95 bits per heavy atom. The van der Waals surface area contributed by atoms with Crippen LogP contribution in [0.2, 0.25) is 5.02 Å². The van der Waals surface area contributed by atoms with E-state index in [-0.39, 0.29) is 5.91 Å². The van der Waals surface area contributed by atoms with Gasteiger partial charge in [-0.1, -0.05) is 48.0 Å². The molecule has 0 saturated carbocycles. The number of carbonyl (C=O) groups excluding carboxylic acids is 1. The second kappa shape index (κ2) is 6.55. The number of amides is 1. The number of hydrogen-bond acceptors (Lipinski definition) is 2. The molecule has 2 aromatic carbocycles. The molecule has 0 fully saturated rings. The van der Waals surface area contributed by atoms with Crippen molar-refractivity contribution < 1.29 is 4.79 Å². The van der Waals surface area contributed by atoms with Gasteiger partial charge in [0.1, 0.15) is 0 Å². The van der Waals surface area contributed by atoms with Crippen molar-refractivity contribution in [1.29, 1.82) is 0 Å². The van der Waals surface area contributed by atoms with Gasteiger partial charge in [0.2, 0.25) is 5.91 Å². The number of anilines is 1. The zero-order valence-electron chi connectivity index (χ0n) is 11.3. The van der Waals surface area contributed by atoms with Crippen LogP contribution in [0.1, 0.15) is 11.1 Å². The minimum absolute atomic E-state index is 0.235. The lowest BCUT2D eigenvalue weighted by atomic mass is 10.1. The molecule has 2 aromatic rings. The van der Waals surface area contributed by atoms with Crippen LogP contribution < -0.4 is 11.1 Å². The molecule has 104 valence electrons. The number of nitrogens with two attached hydrogens (primary N) is 1. The first-order chi connectivity index (χ1) is 9.56. The average molecular weight is 289 g/mol. The normalized spacial score (nSPS) is 11.9. The maximum absolute atomic E-state index is 12.1. The molecule has 2 rings (SSSR count). The van der Waals surface area contributed by atoms with Gasteiger partial charge in [-0.05, 0) is 36.6 Å². The van der Waals surface area contributed by atoms with Gasteiger partial charge in [-0.2, -0.15) is 0 Å². The van der Waals surface area contributed by atoms with Gasteiger partial charge in [0, 0.05) is 0 Å². The molecule has 0 bridgehead atoms. The van der Waals surface area contributed by atoms with Crippen molar-refractivity contribution in [2.24, 2.45) is 5.73 Å². The molecule has 0 radical (unpaired) electrons. The van der Waals surface area contributed by atoms with Crippen molar-refractivity contribution in [3.63, 3.8) is 0 Å². The molecule has 1 atom stereocenters. The van der Waals surface area contributed by atoms with Crippen molar-refractivity contribution in [3.8, 4) is 0 Å². The molecule has 20 heavy (non-hydrogen) atoms. The zero-order valence-corrected chi connectivity index (χ0v) is 12.0. The summed E-state index contributed by atoms with van der Waals surface area (Å²) in [7, 11) is 0. The van der Waals surface area contributed by atoms with Crippen molar-refractivity contribution in [2.75, 3.05) is 5.32 Å². The van der Waals surface area contributed by atoms with Crippen molar-refractivity contribution in [3.05, 3.63) is 64.7 Å². The molecule has 0 aromatic heterocycles. The minimum atomic E-state index is -0.603. The highest BCUT2D eigenvalue weighted by Crippen LogP contribution is 2.22. The minimum Gasteiger partial charge on any atom is -0.323 e. The zero-order chi connectivity index (χ0) is 14.5. The fraction of sp³-hybridized carbons (Fsp3) is 0.188. The van der Waals surface area contributed by atoms with E-state index in [1.807, 2.05) is 49.4 Å². The van der Waals surface area contributed by atoms with Crippen molar-refractivity contribution in [2.45, 2.75) is 19.4 Å². The van der Waals surface area contributed by atoms with Crippen LogP contribution in [0.4, 0.5) is 5.69 Å². The Bertz CT molecular complexity index is 599. The number of carbonyl (C=O) groups is 1. The molecule has 0 aliphatic heterocycles. The Hall–Kier alpha value is -1.84. The van der Waals surface area contributed by atoms with Gasteiger partial charge in [-0.15, -0.1) is 0 Å². The number of nitrogens with one attached hydrogen (secondary N) is 1. The van der Waals surface area contributed by atoms with Crippen LogP contribution in [-0.2, 0) is 11.2 Å². The summed E-state index contributed by atoms with van der Waals surface area (Å²) in [5, 5.41) is 3.29. The van der Waals surface area contributed by atoms with Gasteiger partial charge in [0.15, 0.2) is 0 Å². The highest BCUT2D eigenvalue weighted by atomic mass is 35.5. The highest BCUT2D eigenvalue weighted by Gasteiger charge is 2.15. The molecule has 0 aliphatic rings. The van der Waals surface area contributed by atoms with E-state index in [4.69, 9.17) is 17.3 Å². The average Bonchev–Trinajstić information content (AvgIpc) is 2.44. The van der Waals surface area contributed by atoms with Crippen molar-refractivity contribution >= 4 is 23.2 Å². The summed E-state index contributed by atoms with van der Waals surface area (Å²) >= 11 is 6.05. The van der Waals surface area contributed by atoms with E-state index < -0.39 is 6.04 Å². The molecular weight excluding hydrogens is 272 g/mol. The number of benzene rings is 2. The third kappa shape index (κ3) is 3.83. The number of rotatable bonds is 4. The molecule has 4 heteroatoms.